The van der Waals surface area contributed by atoms with Crippen molar-refractivity contribution in [2.45, 2.75) is 0 Å². The molecule has 3 aromatic carbocycles. The summed E-state index contributed by atoms with van der Waals surface area (Å²) in [6.07, 6.45) is 2.63. The fourth-order valence-corrected chi connectivity index (χ4v) is 2.20. The Morgan fingerprint density at radius 3 is 2.50 bits per heavy atom. The van der Waals surface area contributed by atoms with Gasteiger partial charge in [0.2, 0.25) is 0 Å². The molecule has 0 aromatic heterocycles. The number of benzene rings is 3. The maximum absolute atomic E-state index is 13.5. The van der Waals surface area contributed by atoms with Gasteiger partial charge in [0.25, 0.3) is 0 Å². The van der Waals surface area contributed by atoms with Crippen LogP contribution in [0, 0.1) is 5.82 Å². The largest absolute Gasteiger partial charge is 0.423 e. The van der Waals surface area contributed by atoms with Crippen LogP contribution in [0.15, 0.2) is 72.8 Å². The summed E-state index contributed by atoms with van der Waals surface area (Å²) in [5.74, 6) is -0.433. The van der Waals surface area contributed by atoms with Gasteiger partial charge < -0.3 is 4.74 Å². The number of hydrogen-bond donors (Lipinski definition) is 0. The molecule has 0 spiro atoms. The van der Waals surface area contributed by atoms with E-state index < -0.39 is 5.97 Å². The van der Waals surface area contributed by atoms with Gasteiger partial charge in [-0.05, 0) is 23.6 Å². The maximum atomic E-state index is 13.5. The van der Waals surface area contributed by atoms with Crippen LogP contribution in [0.2, 0.25) is 0 Å². The first-order valence-corrected chi connectivity index (χ1v) is 6.86. The standard InChI is InChI=1S/C19H13FO2/c20-17-10-4-2-7-15(17)12-13-19(21)22-18-11-5-8-14-6-1-3-9-16(14)18/h1-13H/b13-12+. The molecular formula is C19H13FO2. The molecule has 0 heterocycles. The lowest BCUT2D eigenvalue weighted by atomic mass is 10.1. The van der Waals surface area contributed by atoms with Crippen LogP contribution in [0.5, 0.6) is 5.75 Å². The van der Waals surface area contributed by atoms with Gasteiger partial charge in [0.05, 0.1) is 0 Å². The van der Waals surface area contributed by atoms with Crippen LogP contribution in [-0.4, -0.2) is 5.97 Å². The molecule has 0 bridgehead atoms. The number of hydrogen-bond acceptors (Lipinski definition) is 2. The van der Waals surface area contributed by atoms with Gasteiger partial charge in [-0.3, -0.25) is 0 Å². The molecule has 0 radical (unpaired) electrons. The van der Waals surface area contributed by atoms with E-state index in [9.17, 15) is 9.18 Å². The van der Waals surface area contributed by atoms with E-state index in [0.29, 0.717) is 11.3 Å². The van der Waals surface area contributed by atoms with Gasteiger partial charge in [-0.25, -0.2) is 9.18 Å². The summed E-state index contributed by atoms with van der Waals surface area (Å²) in [5, 5.41) is 1.85. The second-order valence-corrected chi connectivity index (χ2v) is 4.75. The molecule has 0 amide bonds. The third kappa shape index (κ3) is 3.04. The van der Waals surface area contributed by atoms with Crippen molar-refractivity contribution in [1.29, 1.82) is 0 Å². The predicted octanol–water partition coefficient (Wildman–Crippen LogP) is 4.60. The summed E-state index contributed by atoms with van der Waals surface area (Å²) in [5.41, 5.74) is 0.345. The topological polar surface area (TPSA) is 26.3 Å². The number of esters is 1. The molecule has 0 aliphatic carbocycles. The molecule has 22 heavy (non-hydrogen) atoms. The van der Waals surface area contributed by atoms with E-state index in [-0.39, 0.29) is 5.82 Å². The van der Waals surface area contributed by atoms with Crippen LogP contribution < -0.4 is 4.74 Å². The molecule has 3 heteroatoms. The van der Waals surface area contributed by atoms with Crippen molar-refractivity contribution in [2.75, 3.05) is 0 Å². The Hall–Kier alpha value is -2.94. The molecule has 0 aliphatic rings. The normalized spacial score (nSPS) is 11.0. The molecule has 3 aromatic rings. The number of fused-ring (bicyclic) bond motifs is 1. The lowest BCUT2D eigenvalue weighted by Gasteiger charge is -2.05. The highest BCUT2D eigenvalue weighted by Crippen LogP contribution is 2.25. The molecule has 0 unspecified atom stereocenters. The highest BCUT2D eigenvalue weighted by Gasteiger charge is 2.05. The van der Waals surface area contributed by atoms with E-state index in [1.807, 2.05) is 36.4 Å². The van der Waals surface area contributed by atoms with Gasteiger partial charge in [-0.15, -0.1) is 0 Å². The molecule has 0 fully saturated rings. The van der Waals surface area contributed by atoms with E-state index in [1.165, 1.54) is 18.2 Å². The summed E-state index contributed by atoms with van der Waals surface area (Å²) < 4.78 is 18.8. The van der Waals surface area contributed by atoms with Crippen LogP contribution in [0.4, 0.5) is 4.39 Å². The van der Waals surface area contributed by atoms with Crippen molar-refractivity contribution >= 4 is 22.8 Å². The Balaban J connectivity index is 1.81. The average molecular weight is 292 g/mol. The van der Waals surface area contributed by atoms with E-state index in [2.05, 4.69) is 0 Å². The highest BCUT2D eigenvalue weighted by molar-refractivity contribution is 5.94. The van der Waals surface area contributed by atoms with Crippen LogP contribution >= 0.6 is 0 Å². The molecule has 0 saturated heterocycles. The minimum atomic E-state index is -0.542. The zero-order valence-corrected chi connectivity index (χ0v) is 11.7. The second kappa shape index (κ2) is 6.22. The first-order valence-electron chi connectivity index (χ1n) is 6.86. The van der Waals surface area contributed by atoms with E-state index in [1.54, 1.807) is 24.3 Å². The van der Waals surface area contributed by atoms with Gasteiger partial charge >= 0.3 is 5.97 Å². The van der Waals surface area contributed by atoms with Crippen LogP contribution in [0.25, 0.3) is 16.8 Å². The molecule has 0 atom stereocenters. The van der Waals surface area contributed by atoms with Gasteiger partial charge in [-0.2, -0.15) is 0 Å². The van der Waals surface area contributed by atoms with E-state index >= 15 is 0 Å². The minimum absolute atomic E-state index is 0.345. The molecule has 108 valence electrons. The first-order chi connectivity index (χ1) is 10.7. The Kier molecular flexibility index (Phi) is 3.97. The minimum Gasteiger partial charge on any atom is -0.423 e. The SMILES string of the molecule is O=C(/C=C/c1ccccc1F)Oc1cccc2ccccc12. The van der Waals surface area contributed by atoms with Crippen molar-refractivity contribution in [3.8, 4) is 5.75 Å². The fourth-order valence-electron chi connectivity index (χ4n) is 2.20. The van der Waals surface area contributed by atoms with Crippen LogP contribution in [0.3, 0.4) is 0 Å². The smallest absolute Gasteiger partial charge is 0.336 e. The Labute approximate surface area is 127 Å². The lowest BCUT2D eigenvalue weighted by Crippen LogP contribution is -2.04. The van der Waals surface area contributed by atoms with Crippen molar-refractivity contribution in [3.63, 3.8) is 0 Å². The molecule has 2 nitrogen and oxygen atoms in total. The lowest BCUT2D eigenvalue weighted by molar-refractivity contribution is -0.128. The summed E-state index contributed by atoms with van der Waals surface area (Å²) >= 11 is 0. The molecular weight excluding hydrogens is 279 g/mol. The van der Waals surface area contributed by atoms with Crippen molar-refractivity contribution in [3.05, 3.63) is 84.2 Å². The number of carbonyl (C=O) groups excluding carboxylic acids is 1. The zero-order chi connectivity index (χ0) is 15.4. The van der Waals surface area contributed by atoms with E-state index in [4.69, 9.17) is 4.74 Å². The summed E-state index contributed by atoms with van der Waals surface area (Å²) in [6.45, 7) is 0. The number of halogens is 1. The quantitative estimate of drug-likeness (QED) is 0.401. The van der Waals surface area contributed by atoms with Crippen LogP contribution in [0.1, 0.15) is 5.56 Å². The van der Waals surface area contributed by atoms with Crippen LogP contribution in [-0.2, 0) is 4.79 Å². The Bertz CT molecular complexity index is 847. The summed E-state index contributed by atoms with van der Waals surface area (Å²) in [4.78, 5) is 11.9. The monoisotopic (exact) mass is 292 g/mol. The highest BCUT2D eigenvalue weighted by atomic mass is 19.1. The number of carbonyl (C=O) groups is 1. The Morgan fingerprint density at radius 1 is 0.909 bits per heavy atom. The summed E-state index contributed by atoms with van der Waals surface area (Å²) in [6, 6.07) is 19.4. The van der Waals surface area contributed by atoms with Crippen molar-refractivity contribution in [2.24, 2.45) is 0 Å². The number of rotatable bonds is 3. The molecule has 0 aliphatic heterocycles. The Morgan fingerprint density at radius 2 is 1.64 bits per heavy atom. The third-order valence-electron chi connectivity index (χ3n) is 3.26. The third-order valence-corrected chi connectivity index (χ3v) is 3.26. The van der Waals surface area contributed by atoms with E-state index in [0.717, 1.165) is 10.8 Å². The maximum Gasteiger partial charge on any atom is 0.336 e. The van der Waals surface area contributed by atoms with Gasteiger partial charge in [0, 0.05) is 17.0 Å². The zero-order valence-electron chi connectivity index (χ0n) is 11.7. The second-order valence-electron chi connectivity index (χ2n) is 4.75. The number of ether oxygens (including phenoxy) is 1. The molecule has 3 rings (SSSR count). The first kappa shape index (κ1) is 14.0. The summed E-state index contributed by atoms with van der Waals surface area (Å²) in [7, 11) is 0. The van der Waals surface area contributed by atoms with Gasteiger partial charge in [0.15, 0.2) is 0 Å². The van der Waals surface area contributed by atoms with Crippen molar-refractivity contribution in [1.82, 2.24) is 0 Å². The van der Waals surface area contributed by atoms with Gasteiger partial charge in [-0.1, -0.05) is 54.6 Å². The van der Waals surface area contributed by atoms with Crippen molar-refractivity contribution < 1.29 is 13.9 Å². The fraction of sp³-hybridized carbons (Fsp3) is 0. The average Bonchev–Trinajstić information content (AvgIpc) is 2.54. The predicted molar refractivity (Wildman–Crippen MR) is 85.0 cm³/mol. The molecule has 0 saturated carbocycles. The molecule has 0 N–H and O–H groups in total. The van der Waals surface area contributed by atoms with Gasteiger partial charge in [0.1, 0.15) is 11.6 Å².